The third-order valence-corrected chi connectivity index (χ3v) is 5.94. The maximum absolute atomic E-state index is 13.3. The number of aromatic nitrogens is 2. The molecule has 4 rings (SSSR count). The Balaban J connectivity index is 1.55. The first kappa shape index (κ1) is 24.0. The number of hydrogen-bond acceptors (Lipinski definition) is 6. The maximum atomic E-state index is 13.3. The largest absolute Gasteiger partial charge is 0.335 e. The Labute approximate surface area is 203 Å². The van der Waals surface area contributed by atoms with Crippen molar-refractivity contribution in [3.8, 4) is 5.69 Å². The molecule has 2 heterocycles. The number of carbonyl (C=O) groups is 2. The lowest BCUT2D eigenvalue weighted by Gasteiger charge is -2.34. The summed E-state index contributed by atoms with van der Waals surface area (Å²) in [5.74, 6) is -1.59. The first-order valence-corrected chi connectivity index (χ1v) is 10.9. The molecule has 0 aliphatic carbocycles. The number of aryl methyl sites for hydroxylation is 1. The number of carbonyl (C=O) groups excluding carboxylic acids is 2. The summed E-state index contributed by atoms with van der Waals surface area (Å²) in [6.07, 6.45) is 0. The van der Waals surface area contributed by atoms with Crippen LogP contribution in [0.15, 0.2) is 53.3 Å². The van der Waals surface area contributed by atoms with Crippen LogP contribution >= 0.6 is 11.6 Å². The molecule has 1 aromatic heterocycles. The van der Waals surface area contributed by atoms with E-state index < -0.39 is 28.0 Å². The molecule has 35 heavy (non-hydrogen) atoms. The van der Waals surface area contributed by atoms with Gasteiger partial charge in [0.2, 0.25) is 5.43 Å². The zero-order valence-corrected chi connectivity index (χ0v) is 19.2. The molecule has 0 atom stereocenters. The molecule has 1 aliphatic heterocycles. The maximum Gasteiger partial charge on any atom is 0.294 e. The summed E-state index contributed by atoms with van der Waals surface area (Å²) in [4.78, 5) is 52.2. The fraction of sp³-hybridized carbons (Fsp3) is 0.217. The normalized spacial score (nSPS) is 13.6. The van der Waals surface area contributed by atoms with Gasteiger partial charge in [0, 0.05) is 44.0 Å². The van der Waals surface area contributed by atoms with Crippen LogP contribution in [0.3, 0.4) is 0 Å². The molecule has 0 bridgehead atoms. The number of nitro groups is 1. The zero-order valence-electron chi connectivity index (χ0n) is 18.5. The lowest BCUT2D eigenvalue weighted by atomic mass is 10.1. The molecule has 2 amide bonds. The highest BCUT2D eigenvalue weighted by atomic mass is 35.5. The molecule has 180 valence electrons. The SMILES string of the molecule is Cc1cc(=O)c(C(=O)N2CCN(C(=O)c3ccc(F)cc3Cl)CC2)nn1-c1ccccc1[N+](=O)[O-]. The van der Waals surface area contributed by atoms with E-state index in [0.29, 0.717) is 5.69 Å². The minimum absolute atomic E-state index is 0.00656. The Morgan fingerprint density at radius 3 is 2.29 bits per heavy atom. The predicted molar refractivity (Wildman–Crippen MR) is 124 cm³/mol. The highest BCUT2D eigenvalue weighted by Gasteiger charge is 2.29. The highest BCUT2D eigenvalue weighted by Crippen LogP contribution is 2.23. The number of amides is 2. The van der Waals surface area contributed by atoms with Crippen LogP contribution in [0, 0.1) is 22.9 Å². The molecule has 1 aliphatic rings. The molecule has 0 unspecified atom stereocenters. The summed E-state index contributed by atoms with van der Waals surface area (Å²) in [5.41, 5.74) is -0.616. The molecule has 10 nitrogen and oxygen atoms in total. The van der Waals surface area contributed by atoms with Gasteiger partial charge in [0.1, 0.15) is 11.5 Å². The molecule has 0 saturated carbocycles. The van der Waals surface area contributed by atoms with Gasteiger partial charge in [0.05, 0.1) is 15.5 Å². The van der Waals surface area contributed by atoms with E-state index in [2.05, 4.69) is 5.10 Å². The molecule has 12 heteroatoms. The van der Waals surface area contributed by atoms with Gasteiger partial charge < -0.3 is 9.80 Å². The molecular formula is C23H19ClFN5O5. The van der Waals surface area contributed by atoms with E-state index in [-0.39, 0.29) is 53.8 Å². The quantitative estimate of drug-likeness (QED) is 0.402. The van der Waals surface area contributed by atoms with Gasteiger partial charge in [0.25, 0.3) is 17.5 Å². The number of benzene rings is 2. The van der Waals surface area contributed by atoms with Crippen molar-refractivity contribution < 1.29 is 18.9 Å². The van der Waals surface area contributed by atoms with Crippen LogP contribution in [0.25, 0.3) is 5.69 Å². The van der Waals surface area contributed by atoms with Gasteiger partial charge in [-0.25, -0.2) is 9.07 Å². The molecule has 0 radical (unpaired) electrons. The summed E-state index contributed by atoms with van der Waals surface area (Å²) in [6, 6.07) is 10.6. The highest BCUT2D eigenvalue weighted by molar-refractivity contribution is 6.33. The Kier molecular flexibility index (Phi) is 6.61. The lowest BCUT2D eigenvalue weighted by Crippen LogP contribution is -2.51. The van der Waals surface area contributed by atoms with E-state index in [9.17, 15) is 28.9 Å². The Morgan fingerprint density at radius 1 is 1.03 bits per heavy atom. The van der Waals surface area contributed by atoms with Crippen molar-refractivity contribution in [3.63, 3.8) is 0 Å². The smallest absolute Gasteiger partial charge is 0.294 e. The molecule has 1 fully saturated rings. The molecule has 0 spiro atoms. The van der Waals surface area contributed by atoms with Crippen molar-refractivity contribution in [2.24, 2.45) is 0 Å². The van der Waals surface area contributed by atoms with Gasteiger partial charge in [-0.05, 0) is 31.2 Å². The predicted octanol–water partition coefficient (Wildman–Crippen LogP) is 2.84. The van der Waals surface area contributed by atoms with Crippen molar-refractivity contribution in [2.45, 2.75) is 6.92 Å². The summed E-state index contributed by atoms with van der Waals surface area (Å²) in [7, 11) is 0. The summed E-state index contributed by atoms with van der Waals surface area (Å²) < 4.78 is 14.5. The standard InChI is InChI=1S/C23H19ClFN5O5/c1-14-12-20(31)21(26-29(14)18-4-2-3-5-19(18)30(34)35)23(33)28-10-8-27(9-11-28)22(32)16-7-6-15(25)13-17(16)24/h2-7,12-13H,8-11H2,1H3. The second kappa shape index (κ2) is 9.63. The minimum atomic E-state index is -0.644. The van der Waals surface area contributed by atoms with Gasteiger partial charge in [-0.2, -0.15) is 5.10 Å². The topological polar surface area (TPSA) is 119 Å². The van der Waals surface area contributed by atoms with Crippen LogP contribution in [0.5, 0.6) is 0 Å². The fourth-order valence-electron chi connectivity index (χ4n) is 3.83. The molecule has 0 N–H and O–H groups in total. The number of halogens is 2. The van der Waals surface area contributed by atoms with Gasteiger partial charge in [-0.1, -0.05) is 23.7 Å². The zero-order chi connectivity index (χ0) is 25.3. The molecular weight excluding hydrogens is 481 g/mol. The van der Waals surface area contributed by atoms with E-state index in [0.717, 1.165) is 12.1 Å². The number of nitro benzene ring substituents is 1. The van der Waals surface area contributed by atoms with E-state index in [1.165, 1.54) is 44.8 Å². The Morgan fingerprint density at radius 2 is 1.66 bits per heavy atom. The van der Waals surface area contributed by atoms with E-state index >= 15 is 0 Å². The Bertz CT molecular complexity index is 1400. The van der Waals surface area contributed by atoms with Crippen molar-refractivity contribution in [1.82, 2.24) is 19.6 Å². The van der Waals surface area contributed by atoms with Crippen LogP contribution in [0.2, 0.25) is 5.02 Å². The fourth-order valence-corrected chi connectivity index (χ4v) is 4.08. The van der Waals surface area contributed by atoms with Gasteiger partial charge in [-0.3, -0.25) is 24.5 Å². The van der Waals surface area contributed by atoms with E-state index in [1.54, 1.807) is 13.0 Å². The lowest BCUT2D eigenvalue weighted by molar-refractivity contribution is -0.384. The number of para-hydroxylation sites is 2. The average Bonchev–Trinajstić information content (AvgIpc) is 2.83. The van der Waals surface area contributed by atoms with Crippen molar-refractivity contribution >= 4 is 29.1 Å². The number of nitrogens with zero attached hydrogens (tertiary/aromatic N) is 5. The molecule has 3 aromatic rings. The summed E-state index contributed by atoms with van der Waals surface area (Å²) in [5, 5.41) is 15.6. The van der Waals surface area contributed by atoms with Crippen LogP contribution < -0.4 is 5.43 Å². The first-order valence-electron chi connectivity index (χ1n) is 10.6. The number of piperazine rings is 1. The second-order valence-electron chi connectivity index (χ2n) is 7.86. The van der Waals surface area contributed by atoms with Crippen molar-refractivity contribution in [1.29, 1.82) is 0 Å². The molecule has 1 saturated heterocycles. The van der Waals surface area contributed by atoms with Crippen LogP contribution in [-0.4, -0.2) is 62.5 Å². The monoisotopic (exact) mass is 499 g/mol. The van der Waals surface area contributed by atoms with Crippen molar-refractivity contribution in [3.05, 3.63) is 96.7 Å². The van der Waals surface area contributed by atoms with Crippen LogP contribution in [-0.2, 0) is 0 Å². The van der Waals surface area contributed by atoms with E-state index in [4.69, 9.17) is 11.6 Å². The number of rotatable bonds is 4. The second-order valence-corrected chi connectivity index (χ2v) is 8.27. The van der Waals surface area contributed by atoms with Gasteiger partial charge in [-0.15, -0.1) is 0 Å². The van der Waals surface area contributed by atoms with Crippen molar-refractivity contribution in [2.75, 3.05) is 26.2 Å². The van der Waals surface area contributed by atoms with Crippen LogP contribution in [0.4, 0.5) is 10.1 Å². The number of hydrogen-bond donors (Lipinski definition) is 0. The average molecular weight is 500 g/mol. The van der Waals surface area contributed by atoms with Gasteiger partial charge >= 0.3 is 0 Å². The summed E-state index contributed by atoms with van der Waals surface area (Å²) >= 11 is 5.99. The minimum Gasteiger partial charge on any atom is -0.335 e. The van der Waals surface area contributed by atoms with E-state index in [1.807, 2.05) is 0 Å². The van der Waals surface area contributed by atoms with Crippen LogP contribution in [0.1, 0.15) is 26.5 Å². The third kappa shape index (κ3) is 4.76. The van der Waals surface area contributed by atoms with Gasteiger partial charge in [0.15, 0.2) is 5.69 Å². The Hall–Kier alpha value is -4.12. The summed E-state index contributed by atoms with van der Waals surface area (Å²) in [6.45, 7) is 2.16. The molecule has 2 aromatic carbocycles. The first-order chi connectivity index (χ1) is 16.7. The third-order valence-electron chi connectivity index (χ3n) is 5.63.